The summed E-state index contributed by atoms with van der Waals surface area (Å²) >= 11 is 1.39. The molecule has 0 aromatic carbocycles. The summed E-state index contributed by atoms with van der Waals surface area (Å²) < 4.78 is 62.1. The van der Waals surface area contributed by atoms with Crippen molar-refractivity contribution in [2.24, 2.45) is 5.41 Å². The molecule has 312 valence electrons. The van der Waals surface area contributed by atoms with Crippen LogP contribution < -0.4 is 16.4 Å². The van der Waals surface area contributed by atoms with E-state index in [2.05, 4.69) is 34.4 Å². The molecule has 10 N–H and O–H groups in total. The number of rotatable bonds is 24. The number of ether oxygens (including phenoxy) is 1. The van der Waals surface area contributed by atoms with Crippen LogP contribution in [0, 0.1) is 5.41 Å². The number of nitrogens with two attached hydrogens (primary N) is 1. The second kappa shape index (κ2) is 20.3. The van der Waals surface area contributed by atoms with Gasteiger partial charge in [0.2, 0.25) is 11.8 Å². The largest absolute Gasteiger partial charge is 0.481 e. The van der Waals surface area contributed by atoms with E-state index in [0.29, 0.717) is 24.5 Å². The molecule has 0 spiro atoms. The second-order valence-electron chi connectivity index (χ2n) is 12.8. The van der Waals surface area contributed by atoms with E-state index >= 15 is 0 Å². The molecule has 0 bridgehead atoms. The molecular formula is C27H46N7O17P3S. The molecule has 1 aliphatic rings. The van der Waals surface area contributed by atoms with Crippen molar-refractivity contribution < 1.29 is 80.5 Å². The lowest BCUT2D eigenvalue weighted by Crippen LogP contribution is -2.46. The number of amides is 2. The first-order valence-electron chi connectivity index (χ1n) is 16.5. The average Bonchev–Trinajstić information content (AvgIpc) is 3.65. The molecule has 1 aliphatic heterocycles. The number of hydrogen-bond acceptors (Lipinski definition) is 18. The minimum absolute atomic E-state index is 0.0327. The van der Waals surface area contributed by atoms with E-state index < -0.39 is 84.6 Å². The molecule has 2 amide bonds. The van der Waals surface area contributed by atoms with Gasteiger partial charge in [-0.2, -0.15) is 16.1 Å². The van der Waals surface area contributed by atoms with E-state index in [4.69, 9.17) is 19.5 Å². The Hall–Kier alpha value is -2.44. The Bertz CT molecular complexity index is 1780. The zero-order valence-electron chi connectivity index (χ0n) is 29.9. The lowest BCUT2D eigenvalue weighted by atomic mass is 9.87. The van der Waals surface area contributed by atoms with Crippen LogP contribution in [0.1, 0.15) is 52.7 Å². The van der Waals surface area contributed by atoms with Crippen LogP contribution in [0.25, 0.3) is 11.2 Å². The van der Waals surface area contributed by atoms with Crippen LogP contribution in [0.5, 0.6) is 0 Å². The van der Waals surface area contributed by atoms with Gasteiger partial charge in [0.1, 0.15) is 42.0 Å². The third kappa shape index (κ3) is 14.8. The van der Waals surface area contributed by atoms with Gasteiger partial charge in [0.15, 0.2) is 17.7 Å². The Kier molecular flexibility index (Phi) is 17.3. The number of unbranched alkanes of at least 4 members (excludes halogenated alkanes) is 1. The summed E-state index contributed by atoms with van der Waals surface area (Å²) in [5, 5.41) is 26.4. The number of carbonyl (C=O) groups is 3. The Morgan fingerprint density at radius 2 is 1.75 bits per heavy atom. The molecule has 0 saturated carbocycles. The van der Waals surface area contributed by atoms with E-state index in [0.717, 1.165) is 30.1 Å². The number of phosphoric acid groups is 3. The molecule has 3 heterocycles. The molecule has 1 fully saturated rings. The van der Waals surface area contributed by atoms with E-state index in [1.165, 1.54) is 25.6 Å². The lowest BCUT2D eigenvalue weighted by Gasteiger charge is -2.30. The summed E-state index contributed by atoms with van der Waals surface area (Å²) in [4.78, 5) is 87.2. The molecule has 3 rings (SSSR count). The average molecular weight is 866 g/mol. The first kappa shape index (κ1) is 46.9. The highest BCUT2D eigenvalue weighted by Gasteiger charge is 2.50. The normalized spacial score (nSPS) is 21.8. The van der Waals surface area contributed by atoms with Gasteiger partial charge in [0, 0.05) is 37.1 Å². The molecule has 28 heteroatoms. The van der Waals surface area contributed by atoms with Crippen LogP contribution in [0.15, 0.2) is 12.7 Å². The van der Waals surface area contributed by atoms with Gasteiger partial charge in [0.05, 0.1) is 25.3 Å². The number of thioether (sulfide) groups is 1. The zero-order valence-corrected chi connectivity index (χ0v) is 33.4. The van der Waals surface area contributed by atoms with Crippen molar-refractivity contribution in [1.82, 2.24) is 30.2 Å². The van der Waals surface area contributed by atoms with E-state index in [9.17, 15) is 57.9 Å². The molecule has 2 aromatic rings. The van der Waals surface area contributed by atoms with Gasteiger partial charge in [-0.3, -0.25) is 32.5 Å². The number of imidazole rings is 1. The number of aliphatic hydroxyl groups is 2. The number of hydrogen-bond donors (Lipinski definition) is 9. The summed E-state index contributed by atoms with van der Waals surface area (Å²) in [7, 11) is -16.4. The van der Waals surface area contributed by atoms with Gasteiger partial charge in [-0.05, 0) is 6.42 Å². The van der Waals surface area contributed by atoms with Gasteiger partial charge >= 0.3 is 23.5 Å². The van der Waals surface area contributed by atoms with Crippen LogP contribution in [0.3, 0.4) is 0 Å². The summed E-state index contributed by atoms with van der Waals surface area (Å²) in [6, 6.07) is 0. The summed E-state index contributed by atoms with van der Waals surface area (Å²) in [5.41, 5.74) is 4.28. The van der Waals surface area contributed by atoms with E-state index in [1.54, 1.807) is 0 Å². The number of carbonyl (C=O) groups excluding carboxylic acids is 3. The third-order valence-electron chi connectivity index (χ3n) is 7.72. The van der Waals surface area contributed by atoms with Crippen molar-refractivity contribution >= 4 is 69.8 Å². The monoisotopic (exact) mass is 865 g/mol. The Morgan fingerprint density at radius 3 is 2.42 bits per heavy atom. The van der Waals surface area contributed by atoms with Crippen LogP contribution in [-0.4, -0.2) is 129 Å². The van der Waals surface area contributed by atoms with Crippen LogP contribution in [0.2, 0.25) is 0 Å². The highest BCUT2D eigenvalue weighted by atomic mass is 32.2. The smallest absolute Gasteiger partial charge is 0.386 e. The molecule has 24 nitrogen and oxygen atoms in total. The minimum Gasteiger partial charge on any atom is -0.386 e. The van der Waals surface area contributed by atoms with Gasteiger partial charge in [-0.1, -0.05) is 27.2 Å². The standard InChI is InChI=1S/C27H46N7O17P3S/c1-4-5-6-16(35)12-55-10-9-29-18(36)7-8-30-25(39)22(38)27(2,3)13-48-54(45,46)51-53(43,44)47-11-17-21(50-52(40,41)42)20(37)26(49-17)34-15-33-19-23(28)31-14-32-24(19)34/h14-15,17,20-22,26,37-38H,4-13H2,1-3H3,(H,29,36)(H,30,39)(H,43,44)(H,45,46)(H2,28,31,32)(H2,40,41,42)/t17-,20-,21-,22?,26-/m1/s1. The SMILES string of the molecule is CCCCC(=O)CSCCNC(=O)CCNC(=O)C(O)C(C)(C)COP(=O)(O)OP(=O)(O)OC[C@H]1O[C@@H](n2cnc3c(N)ncnc32)[C@H](O)[C@@H]1OP(=O)(O)O. The van der Waals surface area contributed by atoms with Crippen molar-refractivity contribution in [1.29, 1.82) is 0 Å². The minimum atomic E-state index is -5.56. The predicted octanol–water partition coefficient (Wildman–Crippen LogP) is -0.103. The fraction of sp³-hybridized carbons (Fsp3) is 0.704. The summed E-state index contributed by atoms with van der Waals surface area (Å²) in [6.45, 7) is 2.64. The zero-order chi connectivity index (χ0) is 41.2. The third-order valence-corrected chi connectivity index (χ3v) is 11.8. The maximum Gasteiger partial charge on any atom is 0.481 e. The Morgan fingerprint density at radius 1 is 1.05 bits per heavy atom. The van der Waals surface area contributed by atoms with Crippen molar-refractivity contribution in [2.45, 2.75) is 77.1 Å². The second-order valence-corrected chi connectivity index (χ2v) is 18.1. The first-order valence-corrected chi connectivity index (χ1v) is 22.2. The first-order chi connectivity index (χ1) is 25.6. The van der Waals surface area contributed by atoms with Crippen LogP contribution in [0.4, 0.5) is 5.82 Å². The van der Waals surface area contributed by atoms with Crippen LogP contribution in [-0.2, 0) is 50.7 Å². The van der Waals surface area contributed by atoms with Crippen molar-refractivity contribution in [3.05, 3.63) is 12.7 Å². The molecule has 7 atom stereocenters. The molecular weight excluding hydrogens is 819 g/mol. The highest BCUT2D eigenvalue weighted by molar-refractivity contribution is 7.99. The number of fused-ring (bicyclic) bond motifs is 1. The van der Waals surface area contributed by atoms with Crippen LogP contribution >= 0.6 is 35.2 Å². The Balaban J connectivity index is 1.48. The number of ketones is 1. The molecule has 55 heavy (non-hydrogen) atoms. The number of nitrogens with one attached hydrogen (secondary N) is 2. The fourth-order valence-corrected chi connectivity index (χ4v) is 8.43. The molecule has 2 aromatic heterocycles. The number of nitrogens with zero attached hydrogens (tertiary/aromatic N) is 4. The molecule has 0 radical (unpaired) electrons. The number of nitrogen functional groups attached to an aromatic ring is 1. The maximum absolute atomic E-state index is 12.7. The van der Waals surface area contributed by atoms with Crippen molar-refractivity contribution in [3.8, 4) is 0 Å². The van der Waals surface area contributed by atoms with E-state index in [-0.39, 0.29) is 35.7 Å². The Labute approximate surface area is 318 Å². The van der Waals surface area contributed by atoms with Gasteiger partial charge in [-0.25, -0.2) is 28.6 Å². The number of phosphoric ester groups is 3. The summed E-state index contributed by atoms with van der Waals surface area (Å²) in [5.74, 6) is -0.373. The number of aliphatic hydroxyl groups excluding tert-OH is 2. The maximum atomic E-state index is 12.7. The highest BCUT2D eigenvalue weighted by Crippen LogP contribution is 2.61. The number of aromatic nitrogens is 4. The fourth-order valence-electron chi connectivity index (χ4n) is 4.83. The predicted molar refractivity (Wildman–Crippen MR) is 191 cm³/mol. The topological polar surface area (TPSA) is 364 Å². The van der Waals surface area contributed by atoms with Gasteiger partial charge < -0.3 is 50.9 Å². The quantitative estimate of drug-likeness (QED) is 0.0491. The van der Waals surface area contributed by atoms with Crippen molar-refractivity contribution in [3.63, 3.8) is 0 Å². The summed E-state index contributed by atoms with van der Waals surface area (Å²) in [6.07, 6.45) is -4.56. The van der Waals surface area contributed by atoms with Gasteiger partial charge in [0.25, 0.3) is 0 Å². The number of anilines is 1. The molecule has 3 unspecified atom stereocenters. The molecule has 1 saturated heterocycles. The molecule has 0 aliphatic carbocycles. The lowest BCUT2D eigenvalue weighted by molar-refractivity contribution is -0.137. The number of Topliss-reactive ketones (excluding diaryl/α,β-unsaturated/α-hetero) is 1. The van der Waals surface area contributed by atoms with Gasteiger partial charge in [-0.15, -0.1) is 0 Å². The van der Waals surface area contributed by atoms with Crippen molar-refractivity contribution in [2.75, 3.05) is 43.5 Å². The van der Waals surface area contributed by atoms with E-state index in [1.807, 2.05) is 6.92 Å².